The summed E-state index contributed by atoms with van der Waals surface area (Å²) < 4.78 is 0.950. The monoisotopic (exact) mass is 356 g/mol. The van der Waals surface area contributed by atoms with Gasteiger partial charge < -0.3 is 10.6 Å². The Morgan fingerprint density at radius 2 is 2.05 bits per heavy atom. The fourth-order valence-corrected chi connectivity index (χ4v) is 4.70. The highest BCUT2D eigenvalue weighted by Crippen LogP contribution is 2.37. The molecule has 0 saturated carbocycles. The molecule has 118 valence electrons. The molecule has 2 N–H and O–H groups in total. The molecule has 3 rings (SSSR count). The van der Waals surface area contributed by atoms with E-state index in [4.69, 9.17) is 28.9 Å². The summed E-state index contributed by atoms with van der Waals surface area (Å²) in [5.74, 6) is 0.520. The third-order valence-corrected chi connectivity index (χ3v) is 6.24. The van der Waals surface area contributed by atoms with Gasteiger partial charge in [0.1, 0.15) is 4.88 Å². The number of likely N-dealkylation sites (tertiary alicyclic amines) is 1. The molecular formula is C16H18Cl2N2OS. The van der Waals surface area contributed by atoms with Gasteiger partial charge in [0, 0.05) is 34.2 Å². The summed E-state index contributed by atoms with van der Waals surface area (Å²) in [6.45, 7) is 3.53. The summed E-state index contributed by atoms with van der Waals surface area (Å²) in [7, 11) is 0. The van der Waals surface area contributed by atoms with Crippen LogP contribution in [0.15, 0.2) is 18.2 Å². The molecule has 1 atom stereocenters. The van der Waals surface area contributed by atoms with Crippen molar-refractivity contribution in [3.63, 3.8) is 0 Å². The maximum absolute atomic E-state index is 12.7. The zero-order valence-electron chi connectivity index (χ0n) is 12.3. The summed E-state index contributed by atoms with van der Waals surface area (Å²) in [5, 5.41) is 2.09. The van der Waals surface area contributed by atoms with Crippen LogP contribution in [0.3, 0.4) is 0 Å². The lowest BCUT2D eigenvalue weighted by atomic mass is 9.91. The number of carbonyl (C=O) groups is 1. The van der Waals surface area contributed by atoms with Crippen LogP contribution in [-0.4, -0.2) is 29.9 Å². The van der Waals surface area contributed by atoms with Gasteiger partial charge in [-0.05, 0) is 37.8 Å². The summed E-state index contributed by atoms with van der Waals surface area (Å²) in [6.07, 6.45) is 1.91. The van der Waals surface area contributed by atoms with Gasteiger partial charge in [-0.1, -0.05) is 29.3 Å². The number of hydrogen-bond donors (Lipinski definition) is 1. The molecule has 1 aliphatic rings. The van der Waals surface area contributed by atoms with Gasteiger partial charge in [0.2, 0.25) is 0 Å². The molecule has 0 radical (unpaired) electrons. The number of amides is 1. The Kier molecular flexibility index (Phi) is 4.64. The molecule has 1 fully saturated rings. The van der Waals surface area contributed by atoms with Gasteiger partial charge in [0.25, 0.3) is 5.91 Å². The predicted octanol–water partition coefficient (Wildman–Crippen LogP) is 4.41. The third kappa shape index (κ3) is 2.98. The van der Waals surface area contributed by atoms with Gasteiger partial charge in [-0.3, -0.25) is 4.79 Å². The minimum atomic E-state index is 0.0189. The average Bonchev–Trinajstić information content (AvgIpc) is 2.83. The van der Waals surface area contributed by atoms with E-state index in [-0.39, 0.29) is 11.9 Å². The van der Waals surface area contributed by atoms with Gasteiger partial charge in [0.05, 0.1) is 5.02 Å². The van der Waals surface area contributed by atoms with Crippen LogP contribution in [0.2, 0.25) is 10.0 Å². The average molecular weight is 357 g/mol. The smallest absolute Gasteiger partial charge is 0.265 e. The molecule has 2 aromatic rings. The van der Waals surface area contributed by atoms with E-state index in [0.717, 1.165) is 36.0 Å². The molecule has 1 amide bonds. The number of nitrogens with zero attached hydrogens (tertiary/aromatic N) is 1. The summed E-state index contributed by atoms with van der Waals surface area (Å²) in [4.78, 5) is 15.2. The van der Waals surface area contributed by atoms with Crippen molar-refractivity contribution in [2.24, 2.45) is 11.7 Å². The molecule has 6 heteroatoms. The first-order valence-corrected chi connectivity index (χ1v) is 8.97. The van der Waals surface area contributed by atoms with Gasteiger partial charge in [0.15, 0.2) is 0 Å². The number of nitrogens with two attached hydrogens (primary N) is 1. The number of halogens is 2. The van der Waals surface area contributed by atoms with E-state index in [9.17, 15) is 4.79 Å². The maximum atomic E-state index is 12.7. The van der Waals surface area contributed by atoms with Crippen LogP contribution in [0.4, 0.5) is 0 Å². The fourth-order valence-electron chi connectivity index (χ4n) is 2.95. The van der Waals surface area contributed by atoms with Crippen LogP contribution in [-0.2, 0) is 0 Å². The molecule has 1 aliphatic heterocycles. The maximum Gasteiger partial charge on any atom is 0.265 e. The molecule has 0 bridgehead atoms. The number of rotatable bonds is 2. The normalized spacial score (nSPS) is 17.9. The second kappa shape index (κ2) is 6.36. The molecule has 1 aromatic heterocycles. The quantitative estimate of drug-likeness (QED) is 0.866. The van der Waals surface area contributed by atoms with Gasteiger partial charge >= 0.3 is 0 Å². The third-order valence-electron chi connectivity index (χ3n) is 4.36. The highest BCUT2D eigenvalue weighted by atomic mass is 35.5. The van der Waals surface area contributed by atoms with Crippen LogP contribution in [0.1, 0.15) is 29.4 Å². The Labute approximate surface area is 144 Å². The molecule has 22 heavy (non-hydrogen) atoms. The summed E-state index contributed by atoms with van der Waals surface area (Å²) in [6, 6.07) is 5.71. The Bertz CT molecular complexity index is 705. The second-order valence-electron chi connectivity index (χ2n) is 5.87. The minimum absolute atomic E-state index is 0.0189. The zero-order valence-corrected chi connectivity index (χ0v) is 14.6. The van der Waals surface area contributed by atoms with Gasteiger partial charge in [-0.15, -0.1) is 11.3 Å². The molecule has 1 saturated heterocycles. The van der Waals surface area contributed by atoms with Crippen molar-refractivity contribution >= 4 is 50.5 Å². The zero-order chi connectivity index (χ0) is 15.9. The first-order chi connectivity index (χ1) is 10.5. The lowest BCUT2D eigenvalue weighted by molar-refractivity contribution is 0.0686. The van der Waals surface area contributed by atoms with Crippen molar-refractivity contribution in [2.75, 3.05) is 13.1 Å². The topological polar surface area (TPSA) is 46.3 Å². The highest BCUT2D eigenvalue weighted by molar-refractivity contribution is 7.21. The molecule has 3 nitrogen and oxygen atoms in total. The van der Waals surface area contributed by atoms with Crippen molar-refractivity contribution < 1.29 is 4.79 Å². The van der Waals surface area contributed by atoms with E-state index in [1.165, 1.54) is 11.3 Å². The van der Waals surface area contributed by atoms with Crippen molar-refractivity contribution in [3.05, 3.63) is 33.1 Å². The van der Waals surface area contributed by atoms with E-state index in [0.29, 0.717) is 20.8 Å². The number of hydrogen-bond acceptors (Lipinski definition) is 3. The Hall–Kier alpha value is -0.810. The number of benzene rings is 1. The Balaban J connectivity index is 1.82. The summed E-state index contributed by atoms with van der Waals surface area (Å²) in [5.41, 5.74) is 5.95. The van der Waals surface area contributed by atoms with Crippen molar-refractivity contribution in [2.45, 2.75) is 25.8 Å². The van der Waals surface area contributed by atoms with Gasteiger partial charge in [-0.2, -0.15) is 0 Å². The molecular weight excluding hydrogens is 339 g/mol. The molecule has 1 unspecified atom stereocenters. The lowest BCUT2D eigenvalue weighted by Crippen LogP contribution is -2.42. The summed E-state index contributed by atoms with van der Waals surface area (Å²) >= 11 is 13.8. The van der Waals surface area contributed by atoms with E-state index in [2.05, 4.69) is 0 Å². The van der Waals surface area contributed by atoms with Crippen LogP contribution < -0.4 is 5.73 Å². The van der Waals surface area contributed by atoms with Gasteiger partial charge in [-0.25, -0.2) is 0 Å². The van der Waals surface area contributed by atoms with E-state index < -0.39 is 0 Å². The van der Waals surface area contributed by atoms with Crippen molar-refractivity contribution in [3.8, 4) is 0 Å². The van der Waals surface area contributed by atoms with E-state index in [1.807, 2.05) is 24.0 Å². The minimum Gasteiger partial charge on any atom is -0.338 e. The number of piperidine rings is 1. The Morgan fingerprint density at radius 1 is 1.36 bits per heavy atom. The lowest BCUT2D eigenvalue weighted by Gasteiger charge is -2.33. The first kappa shape index (κ1) is 16.1. The van der Waals surface area contributed by atoms with E-state index in [1.54, 1.807) is 6.07 Å². The van der Waals surface area contributed by atoms with Crippen LogP contribution >= 0.6 is 34.5 Å². The van der Waals surface area contributed by atoms with Crippen molar-refractivity contribution in [1.82, 2.24) is 4.90 Å². The SMILES string of the molecule is CC(N)C1CCN(C(=O)c2sc3cc(Cl)ccc3c2Cl)CC1. The van der Waals surface area contributed by atoms with Crippen LogP contribution in [0, 0.1) is 5.92 Å². The predicted molar refractivity (Wildman–Crippen MR) is 94.1 cm³/mol. The standard InChI is InChI=1S/C16H18Cl2N2OS/c1-9(19)10-4-6-20(7-5-10)16(21)15-14(18)12-3-2-11(17)8-13(12)22-15/h2-3,8-10H,4-7,19H2,1H3. The van der Waals surface area contributed by atoms with Crippen LogP contribution in [0.25, 0.3) is 10.1 Å². The van der Waals surface area contributed by atoms with Crippen molar-refractivity contribution in [1.29, 1.82) is 0 Å². The first-order valence-electron chi connectivity index (χ1n) is 7.39. The second-order valence-corrected chi connectivity index (χ2v) is 7.74. The Morgan fingerprint density at radius 3 is 2.68 bits per heavy atom. The number of thiophene rings is 1. The number of carbonyl (C=O) groups excluding carboxylic acids is 1. The number of fused-ring (bicyclic) bond motifs is 1. The largest absolute Gasteiger partial charge is 0.338 e. The highest BCUT2D eigenvalue weighted by Gasteiger charge is 2.28. The van der Waals surface area contributed by atoms with E-state index >= 15 is 0 Å². The molecule has 0 spiro atoms. The van der Waals surface area contributed by atoms with Crippen LogP contribution in [0.5, 0.6) is 0 Å². The molecule has 1 aromatic carbocycles. The molecule has 2 heterocycles. The fraction of sp³-hybridized carbons (Fsp3) is 0.438. The molecule has 0 aliphatic carbocycles.